The summed E-state index contributed by atoms with van der Waals surface area (Å²) in [4.78, 5) is 17.6. The van der Waals surface area contributed by atoms with Gasteiger partial charge in [-0.2, -0.15) is 13.2 Å². The Bertz CT molecular complexity index is 1270. The maximum absolute atomic E-state index is 13.0. The van der Waals surface area contributed by atoms with Gasteiger partial charge in [-0.1, -0.05) is 53.7 Å². The third-order valence-corrected chi connectivity index (χ3v) is 6.88. The molecule has 160 valence electrons. The zero-order chi connectivity index (χ0) is 22.0. The van der Waals surface area contributed by atoms with Crippen LogP contribution in [0.1, 0.15) is 16.7 Å². The van der Waals surface area contributed by atoms with Gasteiger partial charge in [0, 0.05) is 17.3 Å². The molecule has 2 heterocycles. The smallest absolute Gasteiger partial charge is 0.286 e. The summed E-state index contributed by atoms with van der Waals surface area (Å²) in [6.45, 7) is 0.409. The van der Waals surface area contributed by atoms with Crippen molar-refractivity contribution in [3.05, 3.63) is 92.0 Å². The van der Waals surface area contributed by atoms with Gasteiger partial charge in [0.25, 0.3) is 5.56 Å². The first-order valence-corrected chi connectivity index (χ1v) is 11.6. The van der Waals surface area contributed by atoms with Crippen LogP contribution >= 0.6 is 34.7 Å². The highest BCUT2D eigenvalue weighted by Crippen LogP contribution is 2.31. The maximum Gasteiger partial charge on any atom is 0.416 e. The van der Waals surface area contributed by atoms with Crippen LogP contribution in [-0.4, -0.2) is 9.55 Å². The Morgan fingerprint density at radius 1 is 1.06 bits per heavy atom. The number of aryl methyl sites for hydroxylation is 1. The van der Waals surface area contributed by atoms with Crippen molar-refractivity contribution in [3.63, 3.8) is 0 Å². The van der Waals surface area contributed by atoms with Gasteiger partial charge in [-0.3, -0.25) is 9.36 Å². The first-order chi connectivity index (χ1) is 14.8. The quantitative estimate of drug-likeness (QED) is 0.228. The first kappa shape index (κ1) is 21.9. The molecule has 0 N–H and O–H groups in total. The highest BCUT2D eigenvalue weighted by atomic mass is 35.5. The normalized spacial score (nSPS) is 11.9. The summed E-state index contributed by atoms with van der Waals surface area (Å²) >= 11 is 8.52. The second-order valence-electron chi connectivity index (χ2n) is 6.85. The van der Waals surface area contributed by atoms with Crippen molar-refractivity contribution < 1.29 is 13.2 Å². The molecule has 0 aliphatic heterocycles. The zero-order valence-corrected chi connectivity index (χ0v) is 18.4. The van der Waals surface area contributed by atoms with Crippen LogP contribution in [0.15, 0.2) is 69.9 Å². The van der Waals surface area contributed by atoms with Gasteiger partial charge in [-0.15, -0.1) is 11.3 Å². The van der Waals surface area contributed by atoms with Crippen LogP contribution in [0.2, 0.25) is 5.02 Å². The van der Waals surface area contributed by atoms with Gasteiger partial charge in [0.2, 0.25) is 0 Å². The molecule has 4 rings (SSSR count). The molecule has 0 unspecified atom stereocenters. The van der Waals surface area contributed by atoms with Gasteiger partial charge in [0.1, 0.15) is 4.70 Å². The lowest BCUT2D eigenvalue weighted by Gasteiger charge is -2.13. The number of rotatable bonds is 6. The monoisotopic (exact) mass is 480 g/mol. The first-order valence-electron chi connectivity index (χ1n) is 9.33. The fourth-order valence-corrected chi connectivity index (χ4v) is 4.98. The van der Waals surface area contributed by atoms with Gasteiger partial charge >= 0.3 is 6.18 Å². The number of thioether (sulfide) groups is 1. The van der Waals surface area contributed by atoms with Crippen LogP contribution in [0.5, 0.6) is 0 Å². The molecular weight excluding hydrogens is 465 g/mol. The molecule has 0 amide bonds. The Kier molecular flexibility index (Phi) is 6.41. The number of benzene rings is 2. The Morgan fingerprint density at radius 3 is 2.58 bits per heavy atom. The molecule has 0 saturated heterocycles. The van der Waals surface area contributed by atoms with E-state index < -0.39 is 11.7 Å². The van der Waals surface area contributed by atoms with E-state index in [-0.39, 0.29) is 11.3 Å². The van der Waals surface area contributed by atoms with E-state index in [2.05, 4.69) is 4.98 Å². The topological polar surface area (TPSA) is 34.9 Å². The number of alkyl halides is 3. The van der Waals surface area contributed by atoms with Crippen LogP contribution in [0, 0.1) is 0 Å². The number of halogens is 4. The van der Waals surface area contributed by atoms with Gasteiger partial charge in [0.15, 0.2) is 5.16 Å². The summed E-state index contributed by atoms with van der Waals surface area (Å²) in [6, 6.07) is 14.4. The van der Waals surface area contributed by atoms with E-state index in [0.29, 0.717) is 38.9 Å². The summed E-state index contributed by atoms with van der Waals surface area (Å²) < 4.78 is 41.2. The molecule has 0 atom stereocenters. The number of hydrogen-bond acceptors (Lipinski definition) is 4. The lowest BCUT2D eigenvalue weighted by atomic mass is 10.1. The van der Waals surface area contributed by atoms with Gasteiger partial charge in [-0.25, -0.2) is 4.98 Å². The van der Waals surface area contributed by atoms with Crippen LogP contribution in [0.25, 0.3) is 10.2 Å². The van der Waals surface area contributed by atoms with E-state index in [1.54, 1.807) is 28.8 Å². The predicted octanol–water partition coefficient (Wildman–Crippen LogP) is 6.67. The second kappa shape index (κ2) is 9.06. The minimum atomic E-state index is -4.39. The average Bonchev–Trinajstić information content (AvgIpc) is 3.21. The van der Waals surface area contributed by atoms with E-state index in [0.717, 1.165) is 17.7 Å². The molecule has 9 heteroatoms. The highest BCUT2D eigenvalue weighted by molar-refractivity contribution is 7.98. The lowest BCUT2D eigenvalue weighted by molar-refractivity contribution is -0.137. The Morgan fingerprint density at radius 2 is 1.84 bits per heavy atom. The molecule has 0 radical (unpaired) electrons. The van der Waals surface area contributed by atoms with Crippen LogP contribution in [-0.2, 0) is 24.9 Å². The molecule has 0 fully saturated rings. The van der Waals surface area contributed by atoms with Crippen molar-refractivity contribution in [2.24, 2.45) is 0 Å². The summed E-state index contributed by atoms with van der Waals surface area (Å²) in [5, 5.41) is 2.94. The van der Waals surface area contributed by atoms with Crippen molar-refractivity contribution in [1.82, 2.24) is 9.55 Å². The number of thiophene rings is 1. The summed E-state index contributed by atoms with van der Waals surface area (Å²) in [7, 11) is 0. The van der Waals surface area contributed by atoms with E-state index >= 15 is 0 Å². The number of nitrogens with zero attached hydrogens (tertiary/aromatic N) is 2. The molecule has 3 nitrogen and oxygen atoms in total. The molecule has 31 heavy (non-hydrogen) atoms. The summed E-state index contributed by atoms with van der Waals surface area (Å²) in [6.07, 6.45) is -3.79. The molecule has 0 spiro atoms. The maximum atomic E-state index is 13.0. The third-order valence-electron chi connectivity index (χ3n) is 4.69. The highest BCUT2D eigenvalue weighted by Gasteiger charge is 2.30. The van der Waals surface area contributed by atoms with Crippen LogP contribution in [0.4, 0.5) is 13.2 Å². The van der Waals surface area contributed by atoms with Crippen molar-refractivity contribution in [2.45, 2.75) is 30.1 Å². The minimum Gasteiger partial charge on any atom is -0.286 e. The van der Waals surface area contributed by atoms with Gasteiger partial charge in [0.05, 0.1) is 11.1 Å². The lowest BCUT2D eigenvalue weighted by Crippen LogP contribution is -2.23. The van der Waals surface area contributed by atoms with Crippen molar-refractivity contribution >= 4 is 44.9 Å². The minimum absolute atomic E-state index is 0.138. The van der Waals surface area contributed by atoms with E-state index in [9.17, 15) is 18.0 Å². The Hall–Kier alpha value is -2.29. The number of hydrogen-bond donors (Lipinski definition) is 0. The zero-order valence-electron chi connectivity index (χ0n) is 16.0. The van der Waals surface area contributed by atoms with Crippen molar-refractivity contribution in [3.8, 4) is 0 Å². The SMILES string of the molecule is O=c1c2sccc2nc(SCc2cccc(C(F)(F)F)c2)n1CCc1ccc(Cl)cc1. The molecule has 0 aliphatic rings. The van der Waals surface area contributed by atoms with Gasteiger partial charge in [-0.05, 0) is 47.2 Å². The van der Waals surface area contributed by atoms with Crippen LogP contribution in [0.3, 0.4) is 0 Å². The van der Waals surface area contributed by atoms with E-state index in [1.165, 1.54) is 29.2 Å². The fraction of sp³-hybridized carbons (Fsp3) is 0.182. The third kappa shape index (κ3) is 5.14. The average molecular weight is 481 g/mol. The molecule has 0 aliphatic carbocycles. The van der Waals surface area contributed by atoms with Crippen molar-refractivity contribution in [1.29, 1.82) is 0 Å². The van der Waals surface area contributed by atoms with Gasteiger partial charge < -0.3 is 0 Å². The number of fused-ring (bicyclic) bond motifs is 1. The number of aromatic nitrogens is 2. The molecular formula is C22H16ClF3N2OS2. The van der Waals surface area contributed by atoms with E-state index in [4.69, 9.17) is 11.6 Å². The molecule has 2 aromatic heterocycles. The molecule has 2 aromatic carbocycles. The molecule has 0 saturated carbocycles. The standard InChI is InChI=1S/C22H16ClF3N2OS2/c23-17-6-4-14(5-7-17)8-10-28-20(29)19-18(9-11-30-19)27-21(28)31-13-15-2-1-3-16(12-15)22(24,25)26/h1-7,9,11-12H,8,10,13H2. The fourth-order valence-electron chi connectivity index (χ4n) is 3.11. The molecule has 4 aromatic rings. The Labute approximate surface area is 189 Å². The van der Waals surface area contributed by atoms with E-state index in [1.807, 2.05) is 17.5 Å². The largest absolute Gasteiger partial charge is 0.416 e. The Balaban J connectivity index is 1.61. The second-order valence-corrected chi connectivity index (χ2v) is 9.14. The summed E-state index contributed by atoms with van der Waals surface area (Å²) in [5.74, 6) is 0.271. The molecule has 0 bridgehead atoms. The van der Waals surface area contributed by atoms with Crippen molar-refractivity contribution in [2.75, 3.05) is 0 Å². The predicted molar refractivity (Wildman–Crippen MR) is 120 cm³/mol. The summed E-state index contributed by atoms with van der Waals surface area (Å²) in [5.41, 5.74) is 1.32. The van der Waals surface area contributed by atoms with Crippen LogP contribution < -0.4 is 5.56 Å².